The lowest BCUT2D eigenvalue weighted by molar-refractivity contribution is -0.144. The summed E-state index contributed by atoms with van der Waals surface area (Å²) >= 11 is 5.81. The Balaban J connectivity index is 2.43. The van der Waals surface area contributed by atoms with Crippen molar-refractivity contribution in [2.75, 3.05) is 18.1 Å². The van der Waals surface area contributed by atoms with E-state index in [4.69, 9.17) is 16.3 Å². The predicted molar refractivity (Wildman–Crippen MR) is 79.5 cm³/mol. The van der Waals surface area contributed by atoms with Gasteiger partial charge in [0.05, 0.1) is 24.8 Å². The summed E-state index contributed by atoms with van der Waals surface area (Å²) in [5.41, 5.74) is -0.745. The monoisotopic (exact) mass is 351 g/mol. The zero-order chi connectivity index (χ0) is 17.2. The van der Waals surface area contributed by atoms with Gasteiger partial charge in [-0.3, -0.25) is 0 Å². The Hall–Kier alpha value is -1.47. The molecule has 1 aromatic carbocycles. The van der Waals surface area contributed by atoms with Crippen molar-refractivity contribution in [1.82, 2.24) is 0 Å². The van der Waals surface area contributed by atoms with E-state index < -0.39 is 29.8 Å². The molecule has 1 N–H and O–H groups in total. The van der Waals surface area contributed by atoms with Crippen molar-refractivity contribution in [3.05, 3.63) is 28.8 Å². The molecule has 1 aromatic rings. The number of halogens is 4. The molecule has 1 aliphatic rings. The average molecular weight is 352 g/mol. The highest BCUT2D eigenvalue weighted by Crippen LogP contribution is 2.38. The Labute approximate surface area is 136 Å². The van der Waals surface area contributed by atoms with Gasteiger partial charge in [-0.05, 0) is 38.0 Å². The number of carbonyl (C=O) groups is 1. The Kier molecular flexibility index (Phi) is 5.41. The number of carbonyl (C=O) groups excluding carboxylic acids is 1. The largest absolute Gasteiger partial charge is 0.464 e. The van der Waals surface area contributed by atoms with E-state index >= 15 is 0 Å². The first-order valence-corrected chi connectivity index (χ1v) is 7.59. The molecule has 1 aliphatic heterocycles. The van der Waals surface area contributed by atoms with Gasteiger partial charge in [0.1, 0.15) is 6.04 Å². The molecule has 23 heavy (non-hydrogen) atoms. The Morgan fingerprint density at radius 3 is 2.65 bits per heavy atom. The molecule has 4 nitrogen and oxygen atoms in total. The van der Waals surface area contributed by atoms with Crippen molar-refractivity contribution in [3.63, 3.8) is 0 Å². The molecule has 0 aliphatic carbocycles. The second-order valence-electron chi connectivity index (χ2n) is 5.28. The fourth-order valence-corrected chi connectivity index (χ4v) is 3.04. The van der Waals surface area contributed by atoms with Gasteiger partial charge >= 0.3 is 12.1 Å². The number of esters is 1. The van der Waals surface area contributed by atoms with Crippen molar-refractivity contribution in [2.24, 2.45) is 0 Å². The van der Waals surface area contributed by atoms with Crippen LogP contribution < -0.4 is 4.90 Å². The lowest BCUT2D eigenvalue weighted by Gasteiger charge is -2.31. The smallest absolute Gasteiger partial charge is 0.416 e. The second-order valence-corrected chi connectivity index (χ2v) is 5.72. The number of aliphatic hydroxyl groups is 1. The van der Waals surface area contributed by atoms with Gasteiger partial charge in [-0.1, -0.05) is 11.6 Å². The van der Waals surface area contributed by atoms with E-state index in [2.05, 4.69) is 0 Å². The van der Waals surface area contributed by atoms with Crippen LogP contribution in [0.5, 0.6) is 0 Å². The number of rotatable bonds is 4. The van der Waals surface area contributed by atoms with E-state index in [1.165, 1.54) is 11.0 Å². The first-order valence-electron chi connectivity index (χ1n) is 7.21. The van der Waals surface area contributed by atoms with E-state index in [0.29, 0.717) is 12.8 Å². The van der Waals surface area contributed by atoms with Crippen molar-refractivity contribution in [1.29, 1.82) is 0 Å². The fraction of sp³-hybridized carbons (Fsp3) is 0.533. The average Bonchev–Trinajstić information content (AvgIpc) is 2.89. The maximum Gasteiger partial charge on any atom is 0.416 e. The van der Waals surface area contributed by atoms with E-state index in [1.807, 2.05) is 0 Å². The normalized spacial score (nSPS) is 21.6. The first kappa shape index (κ1) is 17.9. The van der Waals surface area contributed by atoms with Crippen molar-refractivity contribution >= 4 is 23.3 Å². The SMILES string of the molecule is CCOC(=O)[C@H]1CCC(CO)N1c1cc(Cl)cc(C(F)(F)F)c1. The molecular formula is C15H17ClF3NO3. The molecule has 1 heterocycles. The molecule has 128 valence electrons. The number of alkyl halides is 3. The van der Waals surface area contributed by atoms with Gasteiger partial charge in [-0.2, -0.15) is 13.2 Å². The van der Waals surface area contributed by atoms with Crippen molar-refractivity contribution in [3.8, 4) is 0 Å². The lowest BCUT2D eigenvalue weighted by Crippen LogP contribution is -2.43. The molecule has 0 aromatic heterocycles. The molecule has 0 bridgehead atoms. The van der Waals surface area contributed by atoms with Crippen LogP contribution in [0.2, 0.25) is 5.02 Å². The highest BCUT2D eigenvalue weighted by Gasteiger charge is 2.40. The zero-order valence-corrected chi connectivity index (χ0v) is 13.2. The first-order chi connectivity index (χ1) is 10.8. The van der Waals surface area contributed by atoms with Crippen LogP contribution in [-0.2, 0) is 15.7 Å². The Morgan fingerprint density at radius 1 is 1.39 bits per heavy atom. The van der Waals surface area contributed by atoms with Crippen LogP contribution in [0, 0.1) is 0 Å². The summed E-state index contributed by atoms with van der Waals surface area (Å²) in [5.74, 6) is -0.517. The standard InChI is InChI=1S/C15H17ClF3NO3/c1-2-23-14(22)13-4-3-11(8-21)20(13)12-6-9(15(17,18)19)5-10(16)7-12/h5-7,11,13,21H,2-4,8H2,1H3/t11?,13-/m1/s1. The van der Waals surface area contributed by atoms with E-state index in [-0.39, 0.29) is 23.9 Å². The third-order valence-corrected chi connectivity index (χ3v) is 4.00. The summed E-state index contributed by atoms with van der Waals surface area (Å²) < 4.78 is 43.9. The van der Waals surface area contributed by atoms with E-state index in [1.54, 1.807) is 6.92 Å². The third kappa shape index (κ3) is 3.90. The fourth-order valence-electron chi connectivity index (χ4n) is 2.81. The van der Waals surface area contributed by atoms with Crippen LogP contribution in [-0.4, -0.2) is 36.4 Å². The summed E-state index contributed by atoms with van der Waals surface area (Å²) in [6.07, 6.45) is -3.67. The van der Waals surface area contributed by atoms with Crippen molar-refractivity contribution in [2.45, 2.75) is 38.0 Å². The van der Waals surface area contributed by atoms with Gasteiger partial charge in [0.25, 0.3) is 0 Å². The van der Waals surface area contributed by atoms with Crippen LogP contribution in [0.25, 0.3) is 0 Å². The maximum atomic E-state index is 13.0. The van der Waals surface area contributed by atoms with Gasteiger partial charge < -0.3 is 14.7 Å². The van der Waals surface area contributed by atoms with Gasteiger partial charge in [0.2, 0.25) is 0 Å². The molecule has 0 amide bonds. The number of benzene rings is 1. The molecule has 0 spiro atoms. The minimum atomic E-state index is -4.55. The molecule has 2 rings (SSSR count). The summed E-state index contributed by atoms with van der Waals surface area (Å²) in [5, 5.41) is 9.39. The Morgan fingerprint density at radius 2 is 2.09 bits per heavy atom. The summed E-state index contributed by atoms with van der Waals surface area (Å²) in [4.78, 5) is 13.5. The van der Waals surface area contributed by atoms with Gasteiger partial charge in [-0.25, -0.2) is 4.79 Å². The van der Waals surface area contributed by atoms with Gasteiger partial charge in [0, 0.05) is 10.7 Å². The minimum absolute atomic E-state index is 0.0824. The van der Waals surface area contributed by atoms with E-state index in [9.17, 15) is 23.1 Å². The number of anilines is 1. The second kappa shape index (κ2) is 6.97. The highest BCUT2D eigenvalue weighted by atomic mass is 35.5. The van der Waals surface area contributed by atoms with Crippen LogP contribution in [0.3, 0.4) is 0 Å². The quantitative estimate of drug-likeness (QED) is 0.846. The van der Waals surface area contributed by atoms with Crippen LogP contribution in [0.1, 0.15) is 25.3 Å². The van der Waals surface area contributed by atoms with Crippen LogP contribution >= 0.6 is 11.6 Å². The number of aliphatic hydroxyl groups excluding tert-OH is 1. The third-order valence-electron chi connectivity index (χ3n) is 3.78. The van der Waals surface area contributed by atoms with Gasteiger partial charge in [-0.15, -0.1) is 0 Å². The van der Waals surface area contributed by atoms with Crippen LogP contribution in [0.4, 0.5) is 18.9 Å². The molecule has 0 radical (unpaired) electrons. The molecule has 2 atom stereocenters. The summed E-state index contributed by atoms with van der Waals surface area (Å²) in [7, 11) is 0. The van der Waals surface area contributed by atoms with E-state index in [0.717, 1.165) is 12.1 Å². The molecule has 1 saturated heterocycles. The minimum Gasteiger partial charge on any atom is -0.464 e. The predicted octanol–water partition coefficient (Wildman–Crippen LogP) is 3.25. The molecule has 1 fully saturated rings. The Bertz CT molecular complexity index is 580. The van der Waals surface area contributed by atoms with Crippen LogP contribution in [0.15, 0.2) is 18.2 Å². The molecule has 1 unspecified atom stereocenters. The number of ether oxygens (including phenoxy) is 1. The number of nitrogens with zero attached hydrogens (tertiary/aromatic N) is 1. The molecule has 0 saturated carbocycles. The lowest BCUT2D eigenvalue weighted by atomic mass is 10.1. The topological polar surface area (TPSA) is 49.8 Å². The maximum absolute atomic E-state index is 13.0. The molecule has 8 heteroatoms. The molecular weight excluding hydrogens is 335 g/mol. The number of hydrogen-bond donors (Lipinski definition) is 1. The van der Waals surface area contributed by atoms with Crippen molar-refractivity contribution < 1.29 is 27.8 Å². The summed E-state index contributed by atoms with van der Waals surface area (Å²) in [6.45, 7) is 1.56. The highest BCUT2D eigenvalue weighted by molar-refractivity contribution is 6.31. The zero-order valence-electron chi connectivity index (χ0n) is 12.4. The number of hydrogen-bond acceptors (Lipinski definition) is 4. The van der Waals surface area contributed by atoms with Gasteiger partial charge in [0.15, 0.2) is 0 Å². The summed E-state index contributed by atoms with van der Waals surface area (Å²) in [6, 6.07) is 1.94.